The van der Waals surface area contributed by atoms with Crippen molar-refractivity contribution in [2.24, 2.45) is 0 Å². The lowest BCUT2D eigenvalue weighted by Crippen LogP contribution is -2.44. The van der Waals surface area contributed by atoms with Crippen molar-refractivity contribution >= 4 is 22.7 Å². The zero-order valence-corrected chi connectivity index (χ0v) is 13.2. The van der Waals surface area contributed by atoms with E-state index in [-0.39, 0.29) is 0 Å². The average Bonchev–Trinajstić information content (AvgIpc) is 3.09. The third-order valence-corrected chi connectivity index (χ3v) is 5.23. The fraction of sp³-hybridized carbons (Fsp3) is 0.500. The minimum atomic E-state index is 0.296. The number of hydrogen-bond acceptors (Lipinski definition) is 6. The Kier molecular flexibility index (Phi) is 4.80. The number of aromatic nitrogens is 1. The number of thiazole rings is 1. The number of nitrogens with zero attached hydrogens (tertiary/aromatic N) is 2. The number of thiophene rings is 1. The van der Waals surface area contributed by atoms with E-state index in [4.69, 9.17) is 4.74 Å². The molecule has 1 fully saturated rings. The molecule has 0 radical (unpaired) electrons. The molecule has 0 saturated carbocycles. The lowest BCUT2D eigenvalue weighted by Gasteiger charge is -2.30. The molecule has 0 aromatic carbocycles. The van der Waals surface area contributed by atoms with Crippen molar-refractivity contribution in [1.29, 1.82) is 0 Å². The lowest BCUT2D eigenvalue weighted by molar-refractivity contribution is -0.0182. The van der Waals surface area contributed by atoms with Crippen LogP contribution in [0.2, 0.25) is 0 Å². The first-order chi connectivity index (χ1) is 9.81. The summed E-state index contributed by atoms with van der Waals surface area (Å²) in [5.41, 5.74) is 1.11. The van der Waals surface area contributed by atoms with Gasteiger partial charge in [0.25, 0.3) is 0 Å². The molecular weight excluding hydrogens is 290 g/mol. The van der Waals surface area contributed by atoms with Gasteiger partial charge in [0.15, 0.2) is 0 Å². The summed E-state index contributed by atoms with van der Waals surface area (Å²) in [6.07, 6.45) is 0.296. The molecular formula is C14H19N3OS2. The fourth-order valence-corrected chi connectivity index (χ4v) is 3.89. The van der Waals surface area contributed by atoms with Gasteiger partial charge in [-0.15, -0.1) is 22.7 Å². The van der Waals surface area contributed by atoms with Crippen LogP contribution in [0, 0.1) is 0 Å². The second-order valence-electron chi connectivity index (χ2n) is 5.01. The van der Waals surface area contributed by atoms with Crippen molar-refractivity contribution in [3.63, 3.8) is 0 Å². The molecule has 20 heavy (non-hydrogen) atoms. The maximum absolute atomic E-state index is 5.73. The molecule has 1 N–H and O–H groups in total. The molecule has 1 saturated heterocycles. The van der Waals surface area contributed by atoms with Crippen molar-refractivity contribution in [2.75, 3.05) is 33.3 Å². The van der Waals surface area contributed by atoms with E-state index in [1.165, 1.54) is 4.88 Å². The van der Waals surface area contributed by atoms with Crippen LogP contribution in [0.3, 0.4) is 0 Å². The standard InChI is InChI=1S/C14H19N3OS2/c1-17-4-5-18-12(9-17)8-15-7-11-10-20-14(16-11)13-3-2-6-19-13/h2-3,6,10,12,15H,4-5,7-9H2,1H3. The van der Waals surface area contributed by atoms with Gasteiger partial charge < -0.3 is 15.0 Å². The van der Waals surface area contributed by atoms with Gasteiger partial charge >= 0.3 is 0 Å². The molecule has 1 unspecified atom stereocenters. The molecule has 4 nitrogen and oxygen atoms in total. The number of rotatable bonds is 5. The van der Waals surface area contributed by atoms with E-state index in [1.807, 2.05) is 0 Å². The van der Waals surface area contributed by atoms with Gasteiger partial charge in [0.05, 0.1) is 23.3 Å². The highest BCUT2D eigenvalue weighted by atomic mass is 32.1. The highest BCUT2D eigenvalue weighted by molar-refractivity contribution is 7.20. The van der Waals surface area contributed by atoms with Crippen LogP contribution in [0.15, 0.2) is 22.9 Å². The topological polar surface area (TPSA) is 37.4 Å². The molecule has 3 rings (SSSR count). The maximum atomic E-state index is 5.73. The van der Waals surface area contributed by atoms with E-state index in [0.29, 0.717) is 6.10 Å². The zero-order chi connectivity index (χ0) is 13.8. The molecule has 1 atom stereocenters. The maximum Gasteiger partial charge on any atom is 0.133 e. The lowest BCUT2D eigenvalue weighted by atomic mass is 10.3. The Labute approximate surface area is 127 Å². The van der Waals surface area contributed by atoms with E-state index in [0.717, 1.165) is 43.5 Å². The number of ether oxygens (including phenoxy) is 1. The summed E-state index contributed by atoms with van der Waals surface area (Å²) in [5, 5.41) is 8.79. The van der Waals surface area contributed by atoms with Crippen molar-refractivity contribution < 1.29 is 4.74 Å². The molecule has 2 aromatic rings. The van der Waals surface area contributed by atoms with Crippen LogP contribution in [-0.2, 0) is 11.3 Å². The quantitative estimate of drug-likeness (QED) is 0.919. The Hall–Kier alpha value is -0.790. The summed E-state index contributed by atoms with van der Waals surface area (Å²) in [6, 6.07) is 4.18. The number of nitrogens with one attached hydrogen (secondary N) is 1. The van der Waals surface area contributed by atoms with Gasteiger partial charge in [-0.3, -0.25) is 0 Å². The average molecular weight is 309 g/mol. The van der Waals surface area contributed by atoms with Crippen molar-refractivity contribution in [3.05, 3.63) is 28.6 Å². The Morgan fingerprint density at radius 3 is 3.25 bits per heavy atom. The molecule has 2 aromatic heterocycles. The van der Waals surface area contributed by atoms with Crippen LogP contribution in [-0.4, -0.2) is 49.3 Å². The summed E-state index contributed by atoms with van der Waals surface area (Å²) in [7, 11) is 2.14. The SMILES string of the molecule is CN1CCOC(CNCc2csc(-c3cccs3)n2)C1. The largest absolute Gasteiger partial charge is 0.374 e. The smallest absolute Gasteiger partial charge is 0.133 e. The summed E-state index contributed by atoms with van der Waals surface area (Å²) in [4.78, 5) is 8.23. The van der Waals surface area contributed by atoms with Crippen LogP contribution < -0.4 is 5.32 Å². The van der Waals surface area contributed by atoms with Crippen molar-refractivity contribution in [3.8, 4) is 9.88 Å². The van der Waals surface area contributed by atoms with Gasteiger partial charge in [0, 0.05) is 31.6 Å². The predicted molar refractivity (Wildman–Crippen MR) is 84.4 cm³/mol. The van der Waals surface area contributed by atoms with E-state index < -0.39 is 0 Å². The molecule has 0 bridgehead atoms. The van der Waals surface area contributed by atoms with Gasteiger partial charge in [-0.1, -0.05) is 6.07 Å². The van der Waals surface area contributed by atoms with Gasteiger partial charge in [0.2, 0.25) is 0 Å². The van der Waals surface area contributed by atoms with Crippen molar-refractivity contribution in [1.82, 2.24) is 15.2 Å². The first kappa shape index (κ1) is 14.2. The summed E-state index contributed by atoms with van der Waals surface area (Å²) < 4.78 is 5.73. The van der Waals surface area contributed by atoms with Crippen LogP contribution in [0.5, 0.6) is 0 Å². The summed E-state index contributed by atoms with van der Waals surface area (Å²) >= 11 is 3.45. The second-order valence-corrected chi connectivity index (χ2v) is 6.81. The Balaban J connectivity index is 1.47. The highest BCUT2D eigenvalue weighted by Crippen LogP contribution is 2.27. The monoisotopic (exact) mass is 309 g/mol. The molecule has 108 valence electrons. The van der Waals surface area contributed by atoms with Gasteiger partial charge in [0.1, 0.15) is 5.01 Å². The Morgan fingerprint density at radius 1 is 1.50 bits per heavy atom. The van der Waals surface area contributed by atoms with Crippen LogP contribution in [0.1, 0.15) is 5.69 Å². The molecule has 0 spiro atoms. The van der Waals surface area contributed by atoms with E-state index in [1.54, 1.807) is 22.7 Å². The third kappa shape index (κ3) is 3.65. The minimum Gasteiger partial charge on any atom is -0.374 e. The number of morpholine rings is 1. The van der Waals surface area contributed by atoms with Crippen molar-refractivity contribution in [2.45, 2.75) is 12.6 Å². The molecule has 0 amide bonds. The molecule has 6 heteroatoms. The van der Waals surface area contributed by atoms with Crippen LogP contribution in [0.25, 0.3) is 9.88 Å². The normalized spacial score (nSPS) is 20.4. The first-order valence-electron chi connectivity index (χ1n) is 6.80. The van der Waals surface area contributed by atoms with Crippen LogP contribution >= 0.6 is 22.7 Å². The first-order valence-corrected chi connectivity index (χ1v) is 8.56. The summed E-state index contributed by atoms with van der Waals surface area (Å²) in [5.74, 6) is 0. The number of likely N-dealkylation sites (N-methyl/N-ethyl adjacent to an activating group) is 1. The fourth-order valence-electron chi connectivity index (χ4n) is 2.25. The highest BCUT2D eigenvalue weighted by Gasteiger charge is 2.17. The van der Waals surface area contributed by atoms with Gasteiger partial charge in [-0.2, -0.15) is 0 Å². The van der Waals surface area contributed by atoms with E-state index in [9.17, 15) is 0 Å². The van der Waals surface area contributed by atoms with E-state index in [2.05, 4.69) is 45.1 Å². The van der Waals surface area contributed by atoms with E-state index >= 15 is 0 Å². The second kappa shape index (κ2) is 6.78. The summed E-state index contributed by atoms with van der Waals surface area (Å²) in [6.45, 7) is 4.57. The Bertz CT molecular complexity index is 526. The van der Waals surface area contributed by atoms with Gasteiger partial charge in [-0.25, -0.2) is 4.98 Å². The molecule has 3 heterocycles. The molecule has 0 aliphatic carbocycles. The molecule has 1 aliphatic heterocycles. The Morgan fingerprint density at radius 2 is 2.45 bits per heavy atom. The molecule has 1 aliphatic rings. The number of hydrogen-bond donors (Lipinski definition) is 1. The third-order valence-electron chi connectivity index (χ3n) is 3.30. The minimum absolute atomic E-state index is 0.296. The zero-order valence-electron chi connectivity index (χ0n) is 11.5. The van der Waals surface area contributed by atoms with Gasteiger partial charge in [-0.05, 0) is 18.5 Å². The predicted octanol–water partition coefficient (Wildman–Crippen LogP) is 2.29. The van der Waals surface area contributed by atoms with Crippen LogP contribution in [0.4, 0.5) is 0 Å².